The van der Waals surface area contributed by atoms with Gasteiger partial charge in [-0.05, 0) is 19.3 Å². The van der Waals surface area contributed by atoms with E-state index in [2.05, 4.69) is 20.7 Å². The molecule has 8 nitrogen and oxygen atoms in total. The number of carboxylic acid groups (broad SMARTS) is 1. The highest BCUT2D eigenvalue weighted by molar-refractivity contribution is 5.87. The van der Waals surface area contributed by atoms with E-state index in [0.29, 0.717) is 19.0 Å². The van der Waals surface area contributed by atoms with Crippen molar-refractivity contribution < 1.29 is 14.7 Å². The number of rotatable bonds is 6. The molecule has 2 rings (SSSR count). The van der Waals surface area contributed by atoms with Gasteiger partial charge in [-0.25, -0.2) is 14.5 Å². The summed E-state index contributed by atoms with van der Waals surface area (Å²) in [7, 11) is 0. The van der Waals surface area contributed by atoms with E-state index in [9.17, 15) is 9.59 Å². The molecule has 1 aromatic rings. The zero-order chi connectivity index (χ0) is 15.1. The number of carboxylic acids is 1. The molecule has 1 fully saturated rings. The first-order valence-corrected chi connectivity index (χ1v) is 7.33. The molecule has 116 valence electrons. The first kappa shape index (κ1) is 15.3. The van der Waals surface area contributed by atoms with Crippen LogP contribution in [0.1, 0.15) is 51.0 Å². The highest BCUT2D eigenvalue weighted by Crippen LogP contribution is 2.27. The molecule has 2 amide bonds. The summed E-state index contributed by atoms with van der Waals surface area (Å²) in [6.45, 7) is 0.307. The van der Waals surface area contributed by atoms with Crippen LogP contribution in [0.3, 0.4) is 0 Å². The Morgan fingerprint density at radius 3 is 2.81 bits per heavy atom. The van der Waals surface area contributed by atoms with Crippen LogP contribution in [0.2, 0.25) is 0 Å². The number of aliphatic carboxylic acids is 1. The summed E-state index contributed by atoms with van der Waals surface area (Å²) in [5, 5.41) is 17.9. The normalized spacial score (nSPS) is 15.6. The van der Waals surface area contributed by atoms with Crippen LogP contribution in [0.5, 0.6) is 0 Å². The summed E-state index contributed by atoms with van der Waals surface area (Å²) >= 11 is 0. The van der Waals surface area contributed by atoms with Crippen LogP contribution in [-0.4, -0.2) is 38.4 Å². The lowest BCUT2D eigenvalue weighted by Gasteiger charge is -2.21. The molecule has 1 aliphatic rings. The molecule has 1 aromatic heterocycles. The van der Waals surface area contributed by atoms with Gasteiger partial charge in [0.2, 0.25) is 5.95 Å². The SMILES string of the molecule is O=C(O)CCCNC(=O)Nc1ncn(C2CCCCC2)n1. The monoisotopic (exact) mass is 295 g/mol. The lowest BCUT2D eigenvalue weighted by Crippen LogP contribution is -2.30. The number of nitrogens with zero attached hydrogens (tertiary/aromatic N) is 3. The number of hydrogen-bond donors (Lipinski definition) is 3. The molecule has 0 atom stereocenters. The highest BCUT2D eigenvalue weighted by atomic mass is 16.4. The predicted molar refractivity (Wildman–Crippen MR) is 76.0 cm³/mol. The predicted octanol–water partition coefficient (Wildman–Crippen LogP) is 1.77. The van der Waals surface area contributed by atoms with Crippen molar-refractivity contribution in [3.8, 4) is 0 Å². The molecule has 0 aliphatic heterocycles. The Morgan fingerprint density at radius 1 is 1.33 bits per heavy atom. The molecule has 0 radical (unpaired) electrons. The summed E-state index contributed by atoms with van der Waals surface area (Å²) in [6.07, 6.45) is 7.97. The highest BCUT2D eigenvalue weighted by Gasteiger charge is 2.17. The Bertz CT molecular complexity index is 482. The van der Waals surface area contributed by atoms with E-state index in [0.717, 1.165) is 12.8 Å². The van der Waals surface area contributed by atoms with Crippen LogP contribution in [0.15, 0.2) is 6.33 Å². The van der Waals surface area contributed by atoms with Crippen molar-refractivity contribution in [3.63, 3.8) is 0 Å². The average molecular weight is 295 g/mol. The molecule has 0 bridgehead atoms. The summed E-state index contributed by atoms with van der Waals surface area (Å²) in [5.41, 5.74) is 0. The number of anilines is 1. The fourth-order valence-electron chi connectivity index (χ4n) is 2.44. The van der Waals surface area contributed by atoms with Crippen molar-refractivity contribution in [1.82, 2.24) is 20.1 Å². The van der Waals surface area contributed by atoms with Gasteiger partial charge in [-0.1, -0.05) is 19.3 Å². The number of aromatic nitrogens is 3. The van der Waals surface area contributed by atoms with Crippen molar-refractivity contribution in [2.45, 2.75) is 51.0 Å². The van der Waals surface area contributed by atoms with Crippen LogP contribution in [0, 0.1) is 0 Å². The minimum atomic E-state index is -0.870. The molecule has 0 unspecified atom stereocenters. The molecule has 3 N–H and O–H groups in total. The summed E-state index contributed by atoms with van der Waals surface area (Å²) in [6, 6.07) is -0.0396. The van der Waals surface area contributed by atoms with Gasteiger partial charge in [0.1, 0.15) is 6.33 Å². The number of amides is 2. The van der Waals surface area contributed by atoms with Gasteiger partial charge < -0.3 is 10.4 Å². The third kappa shape index (κ3) is 5.05. The van der Waals surface area contributed by atoms with E-state index in [1.165, 1.54) is 19.3 Å². The Kier molecular flexibility index (Phi) is 5.53. The molecule has 0 saturated heterocycles. The minimum Gasteiger partial charge on any atom is -0.481 e. The zero-order valence-corrected chi connectivity index (χ0v) is 11.9. The Morgan fingerprint density at radius 2 is 2.10 bits per heavy atom. The number of carbonyl (C=O) groups is 2. The topological polar surface area (TPSA) is 109 Å². The molecule has 21 heavy (non-hydrogen) atoms. The average Bonchev–Trinajstić information content (AvgIpc) is 2.93. The van der Waals surface area contributed by atoms with E-state index in [-0.39, 0.29) is 12.4 Å². The second-order valence-corrected chi connectivity index (χ2v) is 5.22. The fraction of sp³-hybridized carbons (Fsp3) is 0.692. The van der Waals surface area contributed by atoms with Gasteiger partial charge in [-0.2, -0.15) is 0 Å². The van der Waals surface area contributed by atoms with Gasteiger partial charge in [0.25, 0.3) is 0 Å². The van der Waals surface area contributed by atoms with Crippen LogP contribution in [0.4, 0.5) is 10.7 Å². The molecular formula is C13H21N5O3. The van der Waals surface area contributed by atoms with E-state index < -0.39 is 12.0 Å². The third-order valence-electron chi connectivity index (χ3n) is 3.54. The zero-order valence-electron chi connectivity index (χ0n) is 11.9. The number of urea groups is 1. The smallest absolute Gasteiger partial charge is 0.321 e. The van der Waals surface area contributed by atoms with Crippen molar-refractivity contribution in [2.24, 2.45) is 0 Å². The molecule has 8 heteroatoms. The van der Waals surface area contributed by atoms with Gasteiger partial charge in [0, 0.05) is 13.0 Å². The lowest BCUT2D eigenvalue weighted by atomic mass is 9.96. The van der Waals surface area contributed by atoms with Crippen molar-refractivity contribution >= 4 is 17.9 Å². The Balaban J connectivity index is 1.73. The summed E-state index contributed by atoms with van der Waals surface area (Å²) in [5.74, 6) is -0.596. The van der Waals surface area contributed by atoms with Gasteiger partial charge in [-0.15, -0.1) is 5.10 Å². The van der Waals surface area contributed by atoms with Crippen LogP contribution < -0.4 is 10.6 Å². The molecule has 0 aromatic carbocycles. The minimum absolute atomic E-state index is 0.0365. The van der Waals surface area contributed by atoms with Crippen LogP contribution >= 0.6 is 0 Å². The maximum atomic E-state index is 11.6. The third-order valence-corrected chi connectivity index (χ3v) is 3.54. The second-order valence-electron chi connectivity index (χ2n) is 5.22. The Labute approximate surface area is 122 Å². The van der Waals surface area contributed by atoms with E-state index >= 15 is 0 Å². The second kappa shape index (κ2) is 7.61. The largest absolute Gasteiger partial charge is 0.481 e. The van der Waals surface area contributed by atoms with Crippen molar-refractivity contribution in [3.05, 3.63) is 6.33 Å². The Hall–Kier alpha value is -2.12. The molecule has 1 heterocycles. The van der Waals surface area contributed by atoms with Crippen molar-refractivity contribution in [1.29, 1.82) is 0 Å². The van der Waals surface area contributed by atoms with Gasteiger partial charge in [0.05, 0.1) is 6.04 Å². The maximum absolute atomic E-state index is 11.6. The number of hydrogen-bond acceptors (Lipinski definition) is 4. The lowest BCUT2D eigenvalue weighted by molar-refractivity contribution is -0.137. The summed E-state index contributed by atoms with van der Waals surface area (Å²) in [4.78, 5) is 26.0. The van der Waals surface area contributed by atoms with Crippen LogP contribution in [0.25, 0.3) is 0 Å². The standard InChI is InChI=1S/C13H21N5O3/c19-11(20)7-4-8-14-13(21)16-12-15-9-18(17-12)10-5-2-1-3-6-10/h9-10H,1-8H2,(H,19,20)(H2,14,16,17,21). The molecule has 1 aliphatic carbocycles. The number of carbonyl (C=O) groups excluding carboxylic acids is 1. The fourth-order valence-corrected chi connectivity index (χ4v) is 2.44. The van der Waals surface area contributed by atoms with Gasteiger partial charge in [0.15, 0.2) is 0 Å². The first-order valence-electron chi connectivity index (χ1n) is 7.33. The molecule has 0 spiro atoms. The van der Waals surface area contributed by atoms with E-state index in [4.69, 9.17) is 5.11 Å². The van der Waals surface area contributed by atoms with E-state index in [1.807, 2.05) is 4.68 Å². The van der Waals surface area contributed by atoms with Crippen molar-refractivity contribution in [2.75, 3.05) is 11.9 Å². The van der Waals surface area contributed by atoms with Gasteiger partial charge >= 0.3 is 12.0 Å². The number of nitrogens with one attached hydrogen (secondary N) is 2. The molecule has 1 saturated carbocycles. The quantitative estimate of drug-likeness (QED) is 0.693. The first-order chi connectivity index (χ1) is 10.1. The van der Waals surface area contributed by atoms with Gasteiger partial charge in [-0.3, -0.25) is 10.1 Å². The summed E-state index contributed by atoms with van der Waals surface area (Å²) < 4.78 is 1.82. The molecular weight excluding hydrogens is 274 g/mol. The van der Waals surface area contributed by atoms with E-state index in [1.54, 1.807) is 6.33 Å². The maximum Gasteiger partial charge on any atom is 0.321 e. The van der Waals surface area contributed by atoms with Crippen LogP contribution in [-0.2, 0) is 4.79 Å².